The molecule has 0 unspecified atom stereocenters. The van der Waals surface area contributed by atoms with Crippen LogP contribution in [0.25, 0.3) is 16.7 Å². The van der Waals surface area contributed by atoms with Crippen LogP contribution in [0.15, 0.2) is 57.9 Å². The Morgan fingerprint density at radius 3 is 2.42 bits per heavy atom. The summed E-state index contributed by atoms with van der Waals surface area (Å²) in [6, 6.07) is 9.93. The van der Waals surface area contributed by atoms with Crippen LogP contribution in [-0.4, -0.2) is 37.2 Å². The fourth-order valence-corrected chi connectivity index (χ4v) is 3.82. The highest BCUT2D eigenvalue weighted by molar-refractivity contribution is 5.98. The number of aromatic amines is 1. The molecule has 0 radical (unpaired) electrons. The van der Waals surface area contributed by atoms with Gasteiger partial charge in [-0.25, -0.2) is 23.1 Å². The molecule has 2 amide bonds. The van der Waals surface area contributed by atoms with Crippen molar-refractivity contribution in [3.8, 4) is 0 Å². The molecule has 0 bridgehead atoms. The molecule has 0 spiro atoms. The molecule has 38 heavy (non-hydrogen) atoms. The molecule has 5 aromatic rings. The van der Waals surface area contributed by atoms with E-state index in [9.17, 15) is 28.0 Å². The Balaban J connectivity index is 1.35. The Morgan fingerprint density at radius 2 is 1.68 bits per heavy atom. The van der Waals surface area contributed by atoms with Crippen molar-refractivity contribution in [3.63, 3.8) is 0 Å². The molecule has 0 saturated carbocycles. The monoisotopic (exact) mass is 520 g/mol. The molecule has 192 valence electrons. The number of ketones is 1. The summed E-state index contributed by atoms with van der Waals surface area (Å²) in [6.45, 7) is 1.17. The lowest BCUT2D eigenvalue weighted by molar-refractivity contribution is 0.0940. The van der Waals surface area contributed by atoms with E-state index in [4.69, 9.17) is 4.42 Å². The van der Waals surface area contributed by atoms with Gasteiger partial charge < -0.3 is 15.1 Å². The molecular weight excluding hydrogens is 502 g/mol. The Labute approximate surface area is 211 Å². The normalized spacial score (nSPS) is 11.1. The van der Waals surface area contributed by atoms with Crippen LogP contribution in [0.4, 0.5) is 8.78 Å². The first-order valence-electron chi connectivity index (χ1n) is 11.2. The second-order valence-electron chi connectivity index (χ2n) is 8.34. The second-order valence-corrected chi connectivity index (χ2v) is 8.34. The van der Waals surface area contributed by atoms with Crippen molar-refractivity contribution in [1.29, 1.82) is 0 Å². The van der Waals surface area contributed by atoms with E-state index in [0.717, 1.165) is 22.8 Å². The average molecular weight is 520 g/mol. The fraction of sp³-hybridized carbons (Fsp3) is 0.120. The molecule has 11 nitrogen and oxygen atoms in total. The van der Waals surface area contributed by atoms with Crippen molar-refractivity contribution in [2.45, 2.75) is 20.0 Å². The van der Waals surface area contributed by atoms with Crippen molar-refractivity contribution >= 4 is 34.3 Å². The van der Waals surface area contributed by atoms with E-state index in [1.54, 1.807) is 18.2 Å². The minimum absolute atomic E-state index is 0.0416. The number of carbonyl (C=O) groups is 3. The fourth-order valence-electron chi connectivity index (χ4n) is 3.82. The number of hydrogen-bond acceptors (Lipinski definition) is 7. The minimum atomic E-state index is -0.843. The summed E-state index contributed by atoms with van der Waals surface area (Å²) in [5.41, 5.74) is 1.01. The Hall–Kier alpha value is -5.20. The van der Waals surface area contributed by atoms with Gasteiger partial charge in [0.25, 0.3) is 11.8 Å². The first-order valence-corrected chi connectivity index (χ1v) is 11.2. The molecule has 5 rings (SSSR count). The summed E-state index contributed by atoms with van der Waals surface area (Å²) in [7, 11) is 0. The van der Waals surface area contributed by atoms with Gasteiger partial charge in [0.1, 0.15) is 17.2 Å². The summed E-state index contributed by atoms with van der Waals surface area (Å²) in [6.07, 6.45) is 0.859. The standard InChI is InChI=1S/C25H18F2N6O5/c1-12(34)15-4-2-13(6-16(15)26)9-29-24(36)20-8-19(31-22-17(27)11-30-33(20)22)23(35)28-10-14-3-5-21-18(7-14)32-25(37)38-21/h2-8,11H,9-10H2,1H3,(H,28,35)(H,29,36)(H,32,37). The number of fused-ring (bicyclic) bond motifs is 2. The largest absolute Gasteiger partial charge is 0.417 e. The molecule has 0 fully saturated rings. The van der Waals surface area contributed by atoms with Crippen LogP contribution in [0.1, 0.15) is 49.4 Å². The van der Waals surface area contributed by atoms with Crippen LogP contribution in [0.5, 0.6) is 0 Å². The van der Waals surface area contributed by atoms with Gasteiger partial charge in [-0.15, -0.1) is 0 Å². The molecule has 0 atom stereocenters. The molecule has 2 aromatic carbocycles. The number of benzene rings is 2. The van der Waals surface area contributed by atoms with E-state index in [1.165, 1.54) is 19.1 Å². The highest BCUT2D eigenvalue weighted by Gasteiger charge is 2.20. The lowest BCUT2D eigenvalue weighted by atomic mass is 10.1. The number of H-pyrrole nitrogens is 1. The Morgan fingerprint density at radius 1 is 0.974 bits per heavy atom. The number of halogens is 2. The van der Waals surface area contributed by atoms with Gasteiger partial charge in [-0.05, 0) is 42.3 Å². The summed E-state index contributed by atoms with van der Waals surface area (Å²) in [4.78, 5) is 55.0. The highest BCUT2D eigenvalue weighted by atomic mass is 19.1. The van der Waals surface area contributed by atoms with Crippen molar-refractivity contribution in [2.24, 2.45) is 0 Å². The Bertz CT molecular complexity index is 1810. The van der Waals surface area contributed by atoms with Crippen molar-refractivity contribution in [2.75, 3.05) is 0 Å². The summed E-state index contributed by atoms with van der Waals surface area (Å²) in [5, 5.41) is 9.01. The van der Waals surface area contributed by atoms with Crippen LogP contribution in [0.3, 0.4) is 0 Å². The summed E-state index contributed by atoms with van der Waals surface area (Å²) >= 11 is 0. The lowest BCUT2D eigenvalue weighted by Gasteiger charge is -2.10. The summed E-state index contributed by atoms with van der Waals surface area (Å²) in [5.74, 6) is -4.01. The molecule has 3 aromatic heterocycles. The number of amides is 2. The SMILES string of the molecule is CC(=O)c1ccc(CNC(=O)c2cc(C(=O)NCc3ccc4oc(=O)[nH]c4c3)nc3c(F)cnn23)cc1F. The van der Waals surface area contributed by atoms with E-state index in [2.05, 4.69) is 25.7 Å². The van der Waals surface area contributed by atoms with E-state index in [0.29, 0.717) is 22.2 Å². The van der Waals surface area contributed by atoms with Crippen molar-refractivity contribution in [1.82, 2.24) is 30.2 Å². The van der Waals surface area contributed by atoms with Gasteiger partial charge in [-0.1, -0.05) is 12.1 Å². The second kappa shape index (κ2) is 9.69. The molecule has 0 aliphatic rings. The predicted molar refractivity (Wildman–Crippen MR) is 129 cm³/mol. The number of aromatic nitrogens is 4. The number of rotatable bonds is 7. The van der Waals surface area contributed by atoms with E-state index in [-0.39, 0.29) is 35.7 Å². The van der Waals surface area contributed by atoms with E-state index >= 15 is 0 Å². The number of oxazole rings is 1. The topological polar surface area (TPSA) is 151 Å². The van der Waals surface area contributed by atoms with Gasteiger partial charge in [-0.2, -0.15) is 5.10 Å². The zero-order valence-corrected chi connectivity index (χ0v) is 19.7. The highest BCUT2D eigenvalue weighted by Crippen LogP contribution is 2.15. The third kappa shape index (κ3) is 4.76. The number of carbonyl (C=O) groups excluding carboxylic acids is 3. The predicted octanol–water partition coefficient (Wildman–Crippen LogP) is 2.50. The molecule has 0 aliphatic carbocycles. The van der Waals surface area contributed by atoms with Crippen molar-refractivity contribution < 1.29 is 27.6 Å². The zero-order valence-electron chi connectivity index (χ0n) is 19.7. The van der Waals surface area contributed by atoms with Crippen molar-refractivity contribution in [3.05, 3.63) is 98.9 Å². The van der Waals surface area contributed by atoms with Gasteiger partial charge in [0.05, 0.1) is 17.3 Å². The minimum Gasteiger partial charge on any atom is -0.408 e. The molecular formula is C25H18F2N6O5. The molecule has 0 aliphatic heterocycles. The van der Waals surface area contributed by atoms with Crippen LogP contribution >= 0.6 is 0 Å². The number of hydrogen-bond donors (Lipinski definition) is 3. The number of nitrogens with one attached hydrogen (secondary N) is 3. The van der Waals surface area contributed by atoms with Crippen LogP contribution in [-0.2, 0) is 13.1 Å². The molecule has 0 saturated heterocycles. The van der Waals surface area contributed by atoms with Crippen LogP contribution < -0.4 is 16.4 Å². The number of Topliss-reactive ketones (excluding diaryl/α,β-unsaturated/α-hetero) is 1. The maximum Gasteiger partial charge on any atom is 0.417 e. The third-order valence-corrected chi connectivity index (χ3v) is 5.70. The maximum absolute atomic E-state index is 14.3. The molecule has 13 heteroatoms. The smallest absolute Gasteiger partial charge is 0.408 e. The third-order valence-electron chi connectivity index (χ3n) is 5.70. The first-order chi connectivity index (χ1) is 18.2. The quantitative estimate of drug-likeness (QED) is 0.279. The van der Waals surface area contributed by atoms with Gasteiger partial charge in [0.2, 0.25) is 0 Å². The van der Waals surface area contributed by atoms with Crippen LogP contribution in [0.2, 0.25) is 0 Å². The zero-order chi connectivity index (χ0) is 27.0. The molecule has 3 N–H and O–H groups in total. The van der Waals surface area contributed by atoms with Crippen LogP contribution in [0, 0.1) is 11.6 Å². The van der Waals surface area contributed by atoms with Gasteiger partial charge in [0, 0.05) is 19.2 Å². The first kappa shape index (κ1) is 24.5. The van der Waals surface area contributed by atoms with Gasteiger partial charge in [-0.3, -0.25) is 19.4 Å². The van der Waals surface area contributed by atoms with Gasteiger partial charge >= 0.3 is 5.76 Å². The maximum atomic E-state index is 14.3. The summed E-state index contributed by atoms with van der Waals surface area (Å²) < 4.78 is 34.3. The molecule has 3 heterocycles. The van der Waals surface area contributed by atoms with Gasteiger partial charge in [0.15, 0.2) is 22.8 Å². The lowest BCUT2D eigenvalue weighted by Crippen LogP contribution is -2.28. The average Bonchev–Trinajstić information content (AvgIpc) is 3.45. The Kier molecular flexibility index (Phi) is 6.24. The van der Waals surface area contributed by atoms with E-state index < -0.39 is 35.0 Å². The van der Waals surface area contributed by atoms with E-state index in [1.807, 2.05) is 0 Å². The number of nitrogens with zero attached hydrogens (tertiary/aromatic N) is 3.